The van der Waals surface area contributed by atoms with E-state index in [4.69, 9.17) is 9.47 Å². The van der Waals surface area contributed by atoms with Gasteiger partial charge < -0.3 is 14.6 Å². The quantitative estimate of drug-likeness (QED) is 0.803. The molecule has 27 heavy (non-hydrogen) atoms. The summed E-state index contributed by atoms with van der Waals surface area (Å²) in [5.74, 6) is -2.40. The van der Waals surface area contributed by atoms with Gasteiger partial charge in [-0.3, -0.25) is 9.59 Å². The van der Waals surface area contributed by atoms with Crippen LogP contribution >= 0.6 is 0 Å². The molecule has 0 spiro atoms. The lowest BCUT2D eigenvalue weighted by molar-refractivity contribution is -0.238. The van der Waals surface area contributed by atoms with Crippen molar-refractivity contribution in [3.8, 4) is 0 Å². The summed E-state index contributed by atoms with van der Waals surface area (Å²) >= 11 is 0. The van der Waals surface area contributed by atoms with Crippen LogP contribution in [0.1, 0.15) is 18.1 Å². The Bertz CT molecular complexity index is 942. The molecule has 2 aliphatic heterocycles. The highest BCUT2D eigenvalue weighted by Crippen LogP contribution is 2.53. The van der Waals surface area contributed by atoms with E-state index in [1.165, 1.54) is 13.0 Å². The fraction of sp³-hybridized carbons (Fsp3) is 0.250. The van der Waals surface area contributed by atoms with Crippen LogP contribution in [0.2, 0.25) is 0 Å². The van der Waals surface area contributed by atoms with E-state index in [9.17, 15) is 19.5 Å². The maximum Gasteiger partial charge on any atom is 0.347 e. The summed E-state index contributed by atoms with van der Waals surface area (Å²) in [6.45, 7) is 1.23. The van der Waals surface area contributed by atoms with Crippen molar-refractivity contribution in [3.63, 3.8) is 0 Å². The standard InChI is InChI=1S/C20H17NO6/c1-13(22)21-16-10-6-5-9-15(16)19(25,17(21)23)20(14-7-3-2-4-8-14)18(24)26-11-12-27-20/h2-10,25H,11-12H2,1H3/t19-,20+/m1/s1. The summed E-state index contributed by atoms with van der Waals surface area (Å²) in [5.41, 5.74) is -3.97. The van der Waals surface area contributed by atoms with Gasteiger partial charge in [-0.15, -0.1) is 0 Å². The number of nitrogens with zero attached hydrogens (tertiary/aromatic N) is 1. The molecule has 1 N–H and O–H groups in total. The number of rotatable bonds is 2. The highest BCUT2D eigenvalue weighted by atomic mass is 16.6. The third-order valence-corrected chi connectivity index (χ3v) is 4.97. The third-order valence-electron chi connectivity index (χ3n) is 4.97. The Morgan fingerprint density at radius 2 is 1.70 bits per heavy atom. The van der Waals surface area contributed by atoms with E-state index in [1.54, 1.807) is 48.5 Å². The van der Waals surface area contributed by atoms with E-state index in [0.717, 1.165) is 4.90 Å². The molecule has 4 rings (SSSR count). The Balaban J connectivity index is 2.05. The zero-order chi connectivity index (χ0) is 19.2. The average molecular weight is 367 g/mol. The maximum atomic E-state index is 13.3. The predicted molar refractivity (Wildman–Crippen MR) is 93.5 cm³/mol. The van der Waals surface area contributed by atoms with E-state index >= 15 is 0 Å². The number of fused-ring (bicyclic) bond motifs is 1. The molecule has 2 atom stereocenters. The zero-order valence-corrected chi connectivity index (χ0v) is 14.5. The van der Waals surface area contributed by atoms with Gasteiger partial charge in [0, 0.05) is 12.5 Å². The second-order valence-corrected chi connectivity index (χ2v) is 6.42. The number of ether oxygens (including phenoxy) is 2. The first kappa shape index (κ1) is 17.4. The largest absolute Gasteiger partial charge is 0.461 e. The Labute approximate surface area is 155 Å². The lowest BCUT2D eigenvalue weighted by Crippen LogP contribution is -2.63. The van der Waals surface area contributed by atoms with Crippen LogP contribution in [0.4, 0.5) is 5.69 Å². The van der Waals surface area contributed by atoms with Gasteiger partial charge in [0.25, 0.3) is 5.91 Å². The predicted octanol–water partition coefficient (Wildman–Crippen LogP) is 1.24. The maximum absolute atomic E-state index is 13.3. The number of esters is 1. The van der Waals surface area contributed by atoms with Crippen LogP contribution in [-0.2, 0) is 35.1 Å². The molecule has 1 saturated heterocycles. The number of para-hydroxylation sites is 1. The summed E-state index contributed by atoms with van der Waals surface area (Å²) in [5, 5.41) is 11.8. The van der Waals surface area contributed by atoms with Crippen molar-refractivity contribution in [1.29, 1.82) is 0 Å². The van der Waals surface area contributed by atoms with Crippen molar-refractivity contribution in [2.24, 2.45) is 0 Å². The molecule has 0 bridgehead atoms. The normalized spacial score (nSPS) is 27.3. The molecule has 2 amide bonds. The number of hydrogen-bond acceptors (Lipinski definition) is 6. The number of imide groups is 1. The number of cyclic esters (lactones) is 1. The summed E-state index contributed by atoms with van der Waals surface area (Å²) in [4.78, 5) is 39.3. The van der Waals surface area contributed by atoms with Gasteiger partial charge in [0.2, 0.25) is 17.1 Å². The van der Waals surface area contributed by atoms with Crippen molar-refractivity contribution in [3.05, 3.63) is 65.7 Å². The number of benzene rings is 2. The van der Waals surface area contributed by atoms with Crippen molar-refractivity contribution in [2.75, 3.05) is 18.1 Å². The number of carbonyl (C=O) groups is 3. The molecule has 0 aromatic heterocycles. The van der Waals surface area contributed by atoms with Gasteiger partial charge in [-0.05, 0) is 11.6 Å². The van der Waals surface area contributed by atoms with Crippen LogP contribution in [0.3, 0.4) is 0 Å². The smallest absolute Gasteiger partial charge is 0.347 e. The first-order valence-electron chi connectivity index (χ1n) is 8.48. The Morgan fingerprint density at radius 1 is 1.04 bits per heavy atom. The minimum absolute atomic E-state index is 0.00153. The molecule has 2 heterocycles. The summed E-state index contributed by atoms with van der Waals surface area (Å²) < 4.78 is 11.0. The minimum Gasteiger partial charge on any atom is -0.461 e. The molecular formula is C20H17NO6. The molecule has 7 nitrogen and oxygen atoms in total. The lowest BCUT2D eigenvalue weighted by atomic mass is 9.73. The molecular weight excluding hydrogens is 350 g/mol. The molecule has 138 valence electrons. The van der Waals surface area contributed by atoms with Crippen molar-refractivity contribution in [1.82, 2.24) is 0 Å². The van der Waals surface area contributed by atoms with Crippen LogP contribution in [-0.4, -0.2) is 36.1 Å². The number of amides is 2. The summed E-state index contributed by atoms with van der Waals surface area (Å²) in [6.07, 6.45) is 0. The first-order chi connectivity index (χ1) is 12.9. The topological polar surface area (TPSA) is 93.1 Å². The van der Waals surface area contributed by atoms with Gasteiger partial charge in [0.15, 0.2) is 0 Å². The number of carbonyl (C=O) groups excluding carboxylic acids is 3. The van der Waals surface area contributed by atoms with Gasteiger partial charge in [0.05, 0.1) is 12.3 Å². The van der Waals surface area contributed by atoms with Crippen molar-refractivity contribution in [2.45, 2.75) is 18.1 Å². The number of anilines is 1. The highest BCUT2D eigenvalue weighted by Gasteiger charge is 2.70. The molecule has 0 saturated carbocycles. The van der Waals surface area contributed by atoms with Gasteiger partial charge >= 0.3 is 5.97 Å². The van der Waals surface area contributed by atoms with Gasteiger partial charge in [-0.2, -0.15) is 0 Å². The van der Waals surface area contributed by atoms with Crippen molar-refractivity contribution < 1.29 is 29.0 Å². The molecule has 2 aliphatic rings. The van der Waals surface area contributed by atoms with E-state index in [2.05, 4.69) is 0 Å². The average Bonchev–Trinajstić information content (AvgIpc) is 2.92. The molecule has 1 fully saturated rings. The molecule has 7 heteroatoms. The second kappa shape index (κ2) is 6.00. The monoisotopic (exact) mass is 367 g/mol. The molecule has 0 aliphatic carbocycles. The van der Waals surface area contributed by atoms with E-state index in [-0.39, 0.29) is 30.0 Å². The molecule has 2 aromatic carbocycles. The van der Waals surface area contributed by atoms with Crippen LogP contribution < -0.4 is 4.90 Å². The van der Waals surface area contributed by atoms with E-state index in [0.29, 0.717) is 0 Å². The molecule has 0 unspecified atom stereocenters. The fourth-order valence-corrected chi connectivity index (χ4v) is 3.84. The first-order valence-corrected chi connectivity index (χ1v) is 8.48. The van der Waals surface area contributed by atoms with Gasteiger partial charge in [-0.25, -0.2) is 9.69 Å². The molecule has 2 aromatic rings. The Morgan fingerprint density at radius 3 is 2.37 bits per heavy atom. The fourth-order valence-electron chi connectivity index (χ4n) is 3.84. The van der Waals surface area contributed by atoms with Crippen LogP contribution in [0.15, 0.2) is 54.6 Å². The SMILES string of the molecule is CC(=O)N1C(=O)[C@@](O)([C@@]2(c3ccccc3)OCCOC2=O)c2ccccc21. The second-order valence-electron chi connectivity index (χ2n) is 6.42. The third kappa shape index (κ3) is 2.12. The van der Waals surface area contributed by atoms with Crippen molar-refractivity contribution >= 4 is 23.5 Å². The minimum atomic E-state index is -2.45. The zero-order valence-electron chi connectivity index (χ0n) is 14.5. The summed E-state index contributed by atoms with van der Waals surface area (Å²) in [6, 6.07) is 14.5. The van der Waals surface area contributed by atoms with Gasteiger partial charge in [-0.1, -0.05) is 48.5 Å². The van der Waals surface area contributed by atoms with Crippen LogP contribution in [0, 0.1) is 0 Å². The van der Waals surface area contributed by atoms with Gasteiger partial charge in [0.1, 0.15) is 6.61 Å². The Hall–Kier alpha value is -3.03. The van der Waals surface area contributed by atoms with E-state index in [1.807, 2.05) is 0 Å². The molecule has 0 radical (unpaired) electrons. The van der Waals surface area contributed by atoms with E-state index < -0.39 is 29.0 Å². The number of aliphatic hydroxyl groups is 1. The van der Waals surface area contributed by atoms with Crippen LogP contribution in [0.5, 0.6) is 0 Å². The Kier molecular flexibility index (Phi) is 3.87. The highest BCUT2D eigenvalue weighted by molar-refractivity contribution is 6.23. The lowest BCUT2D eigenvalue weighted by Gasteiger charge is -2.43. The number of hydrogen-bond donors (Lipinski definition) is 1. The summed E-state index contributed by atoms with van der Waals surface area (Å²) in [7, 11) is 0. The van der Waals surface area contributed by atoms with Crippen LogP contribution in [0.25, 0.3) is 0 Å².